The topological polar surface area (TPSA) is 305 Å². The highest BCUT2D eigenvalue weighted by molar-refractivity contribution is 7.60. The molecule has 2 aliphatic heterocycles. The van der Waals surface area contributed by atoms with Crippen molar-refractivity contribution in [3.8, 4) is 0 Å². The number of ether oxygens (including phenoxy) is 2. The average molecular weight is 765 g/mol. The summed E-state index contributed by atoms with van der Waals surface area (Å²) >= 11 is 0. The molecule has 0 aromatic carbocycles. The van der Waals surface area contributed by atoms with Crippen LogP contribution in [0.15, 0.2) is 47.9 Å². The fraction of sp³-hybridized carbons (Fsp3) is 0.571. The van der Waals surface area contributed by atoms with Crippen LogP contribution in [0.2, 0.25) is 0 Å². The predicted octanol–water partition coefficient (Wildman–Crippen LogP) is -1.98. The van der Waals surface area contributed by atoms with Crippen molar-refractivity contribution >= 4 is 32.6 Å². The van der Waals surface area contributed by atoms with Gasteiger partial charge in [0.15, 0.2) is 24.7 Å². The summed E-state index contributed by atoms with van der Waals surface area (Å²) < 4.78 is 51.5. The summed E-state index contributed by atoms with van der Waals surface area (Å²) in [4.78, 5) is 54.4. The number of hydrogen-bond acceptors (Lipinski definition) is 16. The van der Waals surface area contributed by atoms with Crippen LogP contribution in [0.4, 0.5) is 0 Å². The molecule has 2 aliphatic rings. The van der Waals surface area contributed by atoms with Gasteiger partial charge in [-0.3, -0.25) is 18.7 Å². The molecule has 23 heteroatoms. The van der Waals surface area contributed by atoms with E-state index in [0.29, 0.717) is 0 Å². The molecule has 5 heterocycles. The number of amides is 1. The van der Waals surface area contributed by atoms with Gasteiger partial charge >= 0.3 is 7.82 Å². The van der Waals surface area contributed by atoms with E-state index in [1.165, 1.54) is 65.6 Å². The molecule has 8 N–H and O–H groups in total. The molecular formula is C28H42N6O15P2. The first-order chi connectivity index (χ1) is 24.0. The normalized spacial score (nSPS) is 28.7. The van der Waals surface area contributed by atoms with Gasteiger partial charge in [0.2, 0.25) is 0 Å². The Kier molecular flexibility index (Phi) is 13.8. The van der Waals surface area contributed by atoms with Crippen molar-refractivity contribution in [1.82, 2.24) is 19.4 Å². The maximum atomic E-state index is 12.4. The number of fused-ring (bicyclic) bond motifs is 1. The molecule has 10 atom stereocenters. The van der Waals surface area contributed by atoms with E-state index in [0.717, 1.165) is 6.33 Å². The number of carbonyl (C=O) groups excluding carboxylic acids is 1. The summed E-state index contributed by atoms with van der Waals surface area (Å²) in [6.07, 6.45) is -6.99. The van der Waals surface area contributed by atoms with Crippen LogP contribution < -0.4 is 20.8 Å². The molecule has 2 fully saturated rings. The van der Waals surface area contributed by atoms with Gasteiger partial charge in [0.05, 0.1) is 24.9 Å². The molecule has 2 saturated heterocycles. The largest absolute Gasteiger partial charge is 0.756 e. The van der Waals surface area contributed by atoms with Gasteiger partial charge in [-0.1, -0.05) is 20.8 Å². The number of carbonyl (C=O) groups is 1. The van der Waals surface area contributed by atoms with E-state index in [1.54, 1.807) is 0 Å². The number of aliphatic hydroxyl groups is 4. The third-order valence-corrected chi connectivity index (χ3v) is 10.8. The van der Waals surface area contributed by atoms with Gasteiger partial charge < -0.3 is 64.4 Å². The second-order valence-electron chi connectivity index (χ2n) is 11.4. The van der Waals surface area contributed by atoms with Gasteiger partial charge in [0, 0.05) is 12.3 Å². The first-order valence-corrected chi connectivity index (χ1v) is 18.7. The molecule has 0 aliphatic carbocycles. The minimum atomic E-state index is -5.62. The summed E-state index contributed by atoms with van der Waals surface area (Å²) in [6.45, 7) is 8.22. The van der Waals surface area contributed by atoms with E-state index in [2.05, 4.69) is 49.0 Å². The maximum Gasteiger partial charge on any atom is 0.478 e. The fourth-order valence-electron chi connectivity index (χ4n) is 5.37. The number of aromatic amines is 1. The molecule has 284 valence electrons. The molecule has 0 spiro atoms. The number of nitrogens with one attached hydrogen (secondary N) is 1. The first-order valence-electron chi connectivity index (χ1n) is 15.8. The minimum absolute atomic E-state index is 0.0565. The summed E-state index contributed by atoms with van der Waals surface area (Å²) in [5, 5.41) is 41.7. The average Bonchev–Trinajstić information content (AvgIpc) is 3.73. The zero-order valence-electron chi connectivity index (χ0n) is 27.8. The van der Waals surface area contributed by atoms with Crippen LogP contribution in [0.25, 0.3) is 11.0 Å². The van der Waals surface area contributed by atoms with E-state index in [-0.39, 0.29) is 16.6 Å². The molecule has 3 aromatic heterocycles. The summed E-state index contributed by atoms with van der Waals surface area (Å²) in [5.41, 5.74) is 4.93. The zero-order chi connectivity index (χ0) is 37.7. The second kappa shape index (κ2) is 17.2. The zero-order valence-corrected chi connectivity index (χ0v) is 29.6. The quantitative estimate of drug-likeness (QED) is 0.0691. The lowest BCUT2D eigenvalue weighted by atomic mass is 10.1. The Bertz CT molecular complexity index is 1780. The van der Waals surface area contributed by atoms with E-state index >= 15 is 0 Å². The molecule has 51 heavy (non-hydrogen) atoms. The van der Waals surface area contributed by atoms with Crippen molar-refractivity contribution in [3.63, 3.8) is 0 Å². The second-order valence-corrected chi connectivity index (χ2v) is 14.4. The van der Waals surface area contributed by atoms with Crippen molar-refractivity contribution in [1.29, 1.82) is 0 Å². The van der Waals surface area contributed by atoms with Gasteiger partial charge in [0.1, 0.15) is 41.7 Å². The highest BCUT2D eigenvalue weighted by atomic mass is 31.3. The standard InChI is InChI=1S/C22H27N5O15P2.C6H15N/c23-18(32)10-2-1-4-26(6-10)21-16(30)14(28)12(40-21)7-38-43(34,35)42-44(36,37)39-8-13-15(29)17(31)22(41-13)27-5-3-11-19(27)24-9-25-20(11)33;1-4-7(5-2)6-3/h1-6,9,12-17,21-22,28-31H,7-8H2,(H4-,23,24,25,32,33,34,35,36,37);4-6H2,1-3H3/t12-,13-,14-,15-,16-,17-,21-,22-;/m1./s1. The number of aromatic nitrogens is 4. The lowest BCUT2D eigenvalue weighted by Gasteiger charge is -2.26. The van der Waals surface area contributed by atoms with Crippen LogP contribution in [0.1, 0.15) is 43.6 Å². The summed E-state index contributed by atoms with van der Waals surface area (Å²) in [5.74, 6) is -0.776. The van der Waals surface area contributed by atoms with E-state index in [1.807, 2.05) is 0 Å². The Morgan fingerprint density at radius 3 is 2.29 bits per heavy atom. The lowest BCUT2D eigenvalue weighted by molar-refractivity contribution is -0.765. The molecule has 5 rings (SSSR count). The lowest BCUT2D eigenvalue weighted by Crippen LogP contribution is -2.46. The van der Waals surface area contributed by atoms with Crippen LogP contribution in [-0.4, -0.2) is 120 Å². The van der Waals surface area contributed by atoms with E-state index in [4.69, 9.17) is 15.2 Å². The third kappa shape index (κ3) is 9.92. The number of nitrogens with zero attached hydrogens (tertiary/aromatic N) is 4. The SMILES string of the molecule is CCN(CC)CC.NC(=O)c1ccc[n+]([C@@H]2O[C@H](COP(=O)([O-])OP(=O)(O)OC[C@H]3O[C@@H](n4ccc5c(=O)[nH]cnc54)[C@H](O)[C@@H]3O)[C@@H](O)[C@H]2O)c1. The Morgan fingerprint density at radius 2 is 1.67 bits per heavy atom. The van der Waals surface area contributed by atoms with Crippen molar-refractivity contribution in [2.75, 3.05) is 32.8 Å². The smallest absolute Gasteiger partial charge is 0.478 e. The van der Waals surface area contributed by atoms with Crippen LogP contribution in [0, 0.1) is 0 Å². The van der Waals surface area contributed by atoms with Crippen molar-refractivity contribution in [2.45, 2.75) is 69.9 Å². The highest BCUT2D eigenvalue weighted by Gasteiger charge is 2.49. The third-order valence-electron chi connectivity index (χ3n) is 8.21. The summed E-state index contributed by atoms with van der Waals surface area (Å²) in [7, 11) is -11.1. The molecule has 0 radical (unpaired) electrons. The number of hydrogen-bond donors (Lipinski definition) is 7. The van der Waals surface area contributed by atoms with Gasteiger partial charge in [-0.05, 0) is 31.8 Å². The Hall–Kier alpha value is -2.98. The van der Waals surface area contributed by atoms with Crippen LogP contribution in [-0.2, 0) is 32.0 Å². The Balaban J connectivity index is 0.000000755. The Morgan fingerprint density at radius 1 is 1.04 bits per heavy atom. The van der Waals surface area contributed by atoms with Crippen LogP contribution in [0.5, 0.6) is 0 Å². The molecule has 3 aromatic rings. The van der Waals surface area contributed by atoms with Crippen molar-refractivity contribution in [3.05, 3.63) is 59.0 Å². The molecule has 0 saturated carbocycles. The number of H-pyrrole nitrogens is 1. The maximum absolute atomic E-state index is 12.4. The molecular weight excluding hydrogens is 722 g/mol. The van der Waals surface area contributed by atoms with E-state index in [9.17, 15) is 48.9 Å². The molecule has 0 bridgehead atoms. The fourth-order valence-corrected chi connectivity index (χ4v) is 7.42. The molecule has 2 unspecified atom stereocenters. The predicted molar refractivity (Wildman–Crippen MR) is 171 cm³/mol. The number of rotatable bonds is 14. The molecule has 21 nitrogen and oxygen atoms in total. The van der Waals surface area contributed by atoms with Crippen LogP contribution in [0.3, 0.4) is 0 Å². The number of aliphatic hydroxyl groups excluding tert-OH is 4. The van der Waals surface area contributed by atoms with Gasteiger partial charge in [-0.15, -0.1) is 0 Å². The number of primary amides is 1. The van der Waals surface area contributed by atoms with Gasteiger partial charge in [-0.25, -0.2) is 13.9 Å². The van der Waals surface area contributed by atoms with Crippen molar-refractivity contribution in [2.24, 2.45) is 5.73 Å². The number of phosphoric acid groups is 2. The first kappa shape index (κ1) is 40.8. The Labute approximate surface area is 291 Å². The highest BCUT2D eigenvalue weighted by Crippen LogP contribution is 2.58. The van der Waals surface area contributed by atoms with Crippen LogP contribution >= 0.6 is 15.6 Å². The summed E-state index contributed by atoms with van der Waals surface area (Å²) in [6, 6.07) is 4.21. The molecule has 1 amide bonds. The van der Waals surface area contributed by atoms with Crippen molar-refractivity contribution < 1.29 is 71.5 Å². The number of nitrogens with two attached hydrogens (primary N) is 1. The number of pyridine rings is 1. The van der Waals surface area contributed by atoms with E-state index < -0.39 is 89.4 Å². The monoisotopic (exact) mass is 764 g/mol. The number of phosphoric ester groups is 2. The minimum Gasteiger partial charge on any atom is -0.756 e. The van der Waals surface area contributed by atoms with Gasteiger partial charge in [0.25, 0.3) is 25.5 Å². The van der Waals surface area contributed by atoms with Gasteiger partial charge in [-0.2, -0.15) is 4.57 Å².